The number of ether oxygens (including phenoxy) is 2. The first-order valence-electron chi connectivity index (χ1n) is 11.9. The number of methoxy groups -OCH3 is 1. The van der Waals surface area contributed by atoms with Crippen molar-refractivity contribution in [2.24, 2.45) is 11.3 Å². The van der Waals surface area contributed by atoms with E-state index in [2.05, 4.69) is 43.1 Å². The monoisotopic (exact) mass is 492 g/mol. The lowest BCUT2D eigenvalue weighted by molar-refractivity contribution is -0.00544. The highest BCUT2D eigenvalue weighted by molar-refractivity contribution is 6.36. The fraction of sp³-hybridized carbons (Fsp3) is 0.640. The van der Waals surface area contributed by atoms with E-state index in [0.717, 1.165) is 12.8 Å². The largest absolute Gasteiger partial charge is 0.496 e. The number of pyridine rings is 1. The molecule has 0 atom stereocenters. The van der Waals surface area contributed by atoms with Crippen LogP contribution in [0, 0.1) is 11.3 Å². The van der Waals surface area contributed by atoms with E-state index in [4.69, 9.17) is 21.1 Å². The van der Waals surface area contributed by atoms with Crippen LogP contribution in [0.5, 0.6) is 11.6 Å². The molecule has 34 heavy (non-hydrogen) atoms. The van der Waals surface area contributed by atoms with Crippen molar-refractivity contribution in [1.82, 2.24) is 20.1 Å². The van der Waals surface area contributed by atoms with Gasteiger partial charge in [-0.3, -0.25) is 9.48 Å². The topological polar surface area (TPSA) is 98.5 Å². The summed E-state index contributed by atoms with van der Waals surface area (Å²) in [6.45, 7) is 11.5. The molecule has 0 aromatic carbocycles. The third-order valence-corrected chi connectivity index (χ3v) is 6.52. The van der Waals surface area contributed by atoms with Crippen molar-refractivity contribution >= 4 is 17.5 Å². The van der Waals surface area contributed by atoms with Crippen molar-refractivity contribution < 1.29 is 19.4 Å². The van der Waals surface area contributed by atoms with Gasteiger partial charge in [0.15, 0.2) is 5.69 Å². The van der Waals surface area contributed by atoms with Crippen LogP contribution in [0.15, 0.2) is 12.3 Å². The highest BCUT2D eigenvalue weighted by Crippen LogP contribution is 2.38. The zero-order chi connectivity index (χ0) is 25.1. The second-order valence-corrected chi connectivity index (χ2v) is 10.9. The third-order valence-electron chi connectivity index (χ3n) is 6.16. The van der Waals surface area contributed by atoms with Gasteiger partial charge in [0.05, 0.1) is 35.6 Å². The molecule has 0 bridgehead atoms. The fourth-order valence-electron chi connectivity index (χ4n) is 4.01. The average molecular weight is 493 g/mol. The van der Waals surface area contributed by atoms with Gasteiger partial charge < -0.3 is 19.9 Å². The van der Waals surface area contributed by atoms with Gasteiger partial charge in [-0.25, -0.2) is 4.98 Å². The Morgan fingerprint density at radius 2 is 2.03 bits per heavy atom. The molecule has 9 heteroatoms. The zero-order valence-corrected chi connectivity index (χ0v) is 21.8. The summed E-state index contributed by atoms with van der Waals surface area (Å²) in [7, 11) is 1.56. The minimum absolute atomic E-state index is 0.0109. The van der Waals surface area contributed by atoms with E-state index in [-0.39, 0.29) is 22.7 Å². The van der Waals surface area contributed by atoms with Crippen LogP contribution in [0.25, 0.3) is 11.3 Å². The number of carbonyl (C=O) groups excluding carboxylic acids is 1. The van der Waals surface area contributed by atoms with Crippen molar-refractivity contribution in [2.45, 2.75) is 72.4 Å². The smallest absolute Gasteiger partial charge is 0.273 e. The molecule has 0 radical (unpaired) electrons. The summed E-state index contributed by atoms with van der Waals surface area (Å²) in [5.74, 6) is 1.15. The number of nitrogens with zero attached hydrogens (tertiary/aromatic N) is 3. The standard InChI is InChI=1S/C25H37ClN4O4/c1-7-30-22(17-13-27-19(12-18(17)33-6)34-15-24(3,4)5)20(26)21(29-30)23(31)28-14-25(32)10-8-16(2)9-11-25/h12-13,16,32H,7-11,14-15H2,1-6H3,(H,28,31). The van der Waals surface area contributed by atoms with E-state index >= 15 is 0 Å². The minimum Gasteiger partial charge on any atom is -0.496 e. The molecule has 2 N–H and O–H groups in total. The maximum Gasteiger partial charge on any atom is 0.273 e. The number of aromatic nitrogens is 3. The van der Waals surface area contributed by atoms with E-state index in [9.17, 15) is 9.90 Å². The Hall–Kier alpha value is -2.32. The van der Waals surface area contributed by atoms with Crippen LogP contribution >= 0.6 is 11.6 Å². The molecule has 1 fully saturated rings. The summed E-state index contributed by atoms with van der Waals surface area (Å²) in [5.41, 5.74) is 0.376. The van der Waals surface area contributed by atoms with E-state index in [1.807, 2.05) is 6.92 Å². The van der Waals surface area contributed by atoms with Crippen molar-refractivity contribution in [3.05, 3.63) is 23.0 Å². The SMILES string of the molecule is CCn1nc(C(=O)NCC2(O)CCC(C)CC2)c(Cl)c1-c1cnc(OCC(C)(C)C)cc1OC. The quantitative estimate of drug-likeness (QED) is 0.553. The number of amides is 1. The van der Waals surface area contributed by atoms with Crippen molar-refractivity contribution in [2.75, 3.05) is 20.3 Å². The molecule has 0 spiro atoms. The Balaban J connectivity index is 1.83. The number of hydrogen-bond donors (Lipinski definition) is 2. The van der Waals surface area contributed by atoms with Gasteiger partial charge in [0.25, 0.3) is 5.91 Å². The highest BCUT2D eigenvalue weighted by Gasteiger charge is 2.33. The van der Waals surface area contributed by atoms with E-state index in [1.165, 1.54) is 0 Å². The van der Waals surface area contributed by atoms with Gasteiger partial charge in [-0.2, -0.15) is 5.10 Å². The normalized spacial score (nSPS) is 20.8. The molecule has 1 saturated carbocycles. The fourth-order valence-corrected chi connectivity index (χ4v) is 4.33. The van der Waals surface area contributed by atoms with E-state index in [1.54, 1.807) is 24.1 Å². The molecule has 1 aliphatic carbocycles. The van der Waals surface area contributed by atoms with Crippen LogP contribution < -0.4 is 14.8 Å². The maximum atomic E-state index is 13.0. The van der Waals surface area contributed by atoms with E-state index < -0.39 is 11.5 Å². The molecule has 2 heterocycles. The van der Waals surface area contributed by atoms with Gasteiger partial charge in [0.1, 0.15) is 5.75 Å². The van der Waals surface area contributed by atoms with Crippen molar-refractivity contribution in [1.29, 1.82) is 0 Å². The number of aryl methyl sites for hydroxylation is 1. The Kier molecular flexibility index (Phi) is 8.14. The molecule has 8 nitrogen and oxygen atoms in total. The van der Waals surface area contributed by atoms with Crippen LogP contribution in [0.3, 0.4) is 0 Å². The van der Waals surface area contributed by atoms with Crippen LogP contribution in [-0.4, -0.2) is 51.6 Å². The Morgan fingerprint density at radius 1 is 1.35 bits per heavy atom. The highest BCUT2D eigenvalue weighted by atomic mass is 35.5. The molecule has 3 rings (SSSR count). The molecule has 0 unspecified atom stereocenters. The number of aliphatic hydroxyl groups is 1. The van der Waals surface area contributed by atoms with Crippen LogP contribution in [0.4, 0.5) is 0 Å². The van der Waals surface area contributed by atoms with Gasteiger partial charge in [-0.05, 0) is 43.9 Å². The summed E-state index contributed by atoms with van der Waals surface area (Å²) < 4.78 is 13.1. The number of nitrogens with one attached hydrogen (secondary N) is 1. The van der Waals surface area contributed by atoms with Gasteiger partial charge in [0, 0.05) is 25.4 Å². The van der Waals surface area contributed by atoms with Crippen LogP contribution in [0.1, 0.15) is 70.8 Å². The number of carbonyl (C=O) groups is 1. The Bertz CT molecular complexity index is 1010. The molecular weight excluding hydrogens is 456 g/mol. The van der Waals surface area contributed by atoms with Gasteiger partial charge >= 0.3 is 0 Å². The molecular formula is C25H37ClN4O4. The molecule has 188 valence electrons. The summed E-state index contributed by atoms with van der Waals surface area (Å²) in [4.78, 5) is 17.4. The lowest BCUT2D eigenvalue weighted by Crippen LogP contribution is -2.45. The average Bonchev–Trinajstić information content (AvgIpc) is 3.13. The number of halogens is 1. The molecule has 2 aromatic heterocycles. The van der Waals surface area contributed by atoms with Crippen molar-refractivity contribution in [3.8, 4) is 22.9 Å². The number of rotatable bonds is 8. The first-order chi connectivity index (χ1) is 16.0. The molecule has 2 aromatic rings. The zero-order valence-electron chi connectivity index (χ0n) is 21.1. The summed E-state index contributed by atoms with van der Waals surface area (Å²) in [5, 5.41) is 18.3. The molecule has 0 aliphatic heterocycles. The second kappa shape index (κ2) is 10.5. The first kappa shape index (κ1) is 26.3. The summed E-state index contributed by atoms with van der Waals surface area (Å²) >= 11 is 6.68. The van der Waals surface area contributed by atoms with Crippen LogP contribution in [-0.2, 0) is 6.54 Å². The Morgan fingerprint density at radius 3 is 2.62 bits per heavy atom. The van der Waals surface area contributed by atoms with Gasteiger partial charge in [0.2, 0.25) is 5.88 Å². The predicted molar refractivity (Wildman–Crippen MR) is 133 cm³/mol. The van der Waals surface area contributed by atoms with Crippen molar-refractivity contribution in [3.63, 3.8) is 0 Å². The lowest BCUT2D eigenvalue weighted by atomic mass is 9.79. The molecule has 1 aliphatic rings. The third kappa shape index (κ3) is 6.21. The summed E-state index contributed by atoms with van der Waals surface area (Å²) in [6.07, 6.45) is 4.86. The van der Waals surface area contributed by atoms with Crippen LogP contribution in [0.2, 0.25) is 5.02 Å². The van der Waals surface area contributed by atoms with E-state index in [0.29, 0.717) is 54.8 Å². The predicted octanol–water partition coefficient (Wildman–Crippen LogP) is 4.72. The Labute approximate surface area is 207 Å². The number of hydrogen-bond acceptors (Lipinski definition) is 6. The van der Waals surface area contributed by atoms with Gasteiger partial charge in [-0.1, -0.05) is 39.3 Å². The first-order valence-corrected chi connectivity index (χ1v) is 12.3. The van der Waals surface area contributed by atoms with Gasteiger partial charge in [-0.15, -0.1) is 0 Å². The minimum atomic E-state index is -0.888. The summed E-state index contributed by atoms with van der Waals surface area (Å²) in [6, 6.07) is 1.71. The maximum absolute atomic E-state index is 13.0. The lowest BCUT2D eigenvalue weighted by Gasteiger charge is -2.34. The molecule has 0 saturated heterocycles. The second-order valence-electron chi connectivity index (χ2n) is 10.5. The molecule has 1 amide bonds.